The number of carbonyl (C=O) groups excluding carboxylic acids is 1. The fourth-order valence-corrected chi connectivity index (χ4v) is 0.545. The number of nitrogens with zero attached hydrogens (tertiary/aromatic N) is 2. The van der Waals surface area contributed by atoms with E-state index in [4.69, 9.17) is 0 Å². The molecule has 0 saturated carbocycles. The Labute approximate surface area is 58.0 Å². The van der Waals surface area contributed by atoms with Crippen molar-refractivity contribution in [1.29, 1.82) is 0 Å². The summed E-state index contributed by atoms with van der Waals surface area (Å²) >= 11 is 0. The summed E-state index contributed by atoms with van der Waals surface area (Å²) in [6.07, 6.45) is 0. The van der Waals surface area contributed by atoms with Gasteiger partial charge in [-0.05, 0) is 4.85 Å². The highest BCUT2D eigenvalue weighted by Crippen LogP contribution is 1.96. The first kappa shape index (κ1) is 6.57. The van der Waals surface area contributed by atoms with Gasteiger partial charge in [-0.15, -0.1) is 0 Å². The van der Waals surface area contributed by atoms with Crippen molar-refractivity contribution < 1.29 is 9.53 Å². The van der Waals surface area contributed by atoms with E-state index in [-0.39, 0.29) is 0 Å². The van der Waals surface area contributed by atoms with E-state index in [0.717, 1.165) is 0 Å². The van der Waals surface area contributed by atoms with E-state index >= 15 is 0 Å². The van der Waals surface area contributed by atoms with Crippen molar-refractivity contribution in [3.63, 3.8) is 0 Å². The molecule has 1 aliphatic heterocycles. The number of ether oxygens (including phenoxy) is 1. The molecule has 4 heteroatoms. The molecule has 0 N–H and O–H groups in total. The molecule has 0 bridgehead atoms. The second-order valence-electron chi connectivity index (χ2n) is 1.66. The second-order valence-corrected chi connectivity index (χ2v) is 1.66. The van der Waals surface area contributed by atoms with Crippen LogP contribution in [0.3, 0.4) is 0 Å². The fourth-order valence-electron chi connectivity index (χ4n) is 0.545. The van der Waals surface area contributed by atoms with Gasteiger partial charge in [0, 0.05) is 0 Å². The highest BCUT2D eigenvalue weighted by atomic mass is 16.5. The van der Waals surface area contributed by atoms with E-state index in [1.807, 2.05) is 0 Å². The van der Waals surface area contributed by atoms with Crippen molar-refractivity contribution in [3.8, 4) is 12.1 Å². The van der Waals surface area contributed by atoms with Gasteiger partial charge in [0.05, 0.1) is 7.11 Å². The molecule has 0 aromatic carbocycles. The van der Waals surface area contributed by atoms with Gasteiger partial charge >= 0.3 is 30.7 Å². The van der Waals surface area contributed by atoms with E-state index in [9.17, 15) is 4.79 Å². The maximum absolute atomic E-state index is 10.7. The van der Waals surface area contributed by atoms with Gasteiger partial charge in [0.15, 0.2) is 0 Å². The molecule has 1 rings (SSSR count). The molecule has 1 atom stereocenters. The number of hydrogen-bond acceptors (Lipinski definition) is 2. The van der Waals surface area contributed by atoms with E-state index in [2.05, 4.69) is 26.6 Å². The molecule has 1 aliphatic rings. The van der Waals surface area contributed by atoms with Gasteiger partial charge in [0.2, 0.25) is 0 Å². The summed E-state index contributed by atoms with van der Waals surface area (Å²) in [6.45, 7) is 0.382. The molecule has 1 unspecified atom stereocenters. The number of esters is 1. The first-order chi connectivity index (χ1) is 4.84. The molecule has 0 saturated heterocycles. The van der Waals surface area contributed by atoms with Crippen molar-refractivity contribution in [1.82, 2.24) is 0 Å². The van der Waals surface area contributed by atoms with Gasteiger partial charge in [0.1, 0.15) is 0 Å². The summed E-state index contributed by atoms with van der Waals surface area (Å²) < 4.78 is 4.39. The minimum Gasteiger partial charge on any atom is -0.462 e. The van der Waals surface area contributed by atoms with Crippen molar-refractivity contribution in [2.45, 2.75) is 6.04 Å². The molecular formula is C6H6N2O2+2. The molecule has 0 amide bonds. The minimum absolute atomic E-state index is 0.382. The predicted molar refractivity (Wildman–Crippen MR) is 35.2 cm³/mol. The van der Waals surface area contributed by atoms with Gasteiger partial charge in [-0.2, -0.15) is 0 Å². The Kier molecular flexibility index (Phi) is 1.86. The molecule has 10 heavy (non-hydrogen) atoms. The predicted octanol–water partition coefficient (Wildman–Crippen LogP) is 0.207. The van der Waals surface area contributed by atoms with Gasteiger partial charge in [-0.3, -0.25) is 0 Å². The molecule has 0 aromatic heterocycles. The summed E-state index contributed by atoms with van der Waals surface area (Å²) in [5.41, 5.74) is 0. The van der Waals surface area contributed by atoms with Crippen LogP contribution in [0.1, 0.15) is 0 Å². The third-order valence-corrected chi connectivity index (χ3v) is 1.01. The summed E-state index contributed by atoms with van der Waals surface area (Å²) in [4.78, 5) is 18.0. The largest absolute Gasteiger partial charge is 0.492 e. The van der Waals surface area contributed by atoms with Crippen molar-refractivity contribution in [2.75, 3.05) is 13.7 Å². The van der Waals surface area contributed by atoms with Crippen LogP contribution in [-0.2, 0) is 9.53 Å². The van der Waals surface area contributed by atoms with E-state index in [1.54, 1.807) is 0 Å². The van der Waals surface area contributed by atoms with Crippen LogP contribution in [0.25, 0.3) is 9.69 Å². The topological polar surface area (TPSA) is 35.0 Å². The van der Waals surface area contributed by atoms with Crippen LogP contribution in [-0.4, -0.2) is 25.7 Å². The summed E-state index contributed by atoms with van der Waals surface area (Å²) in [5.74, 6) is -0.448. The first-order valence-electron chi connectivity index (χ1n) is 2.77. The van der Waals surface area contributed by atoms with Gasteiger partial charge in [-0.1, -0.05) is 4.85 Å². The standard InChI is InChI=1S/C6H6N2O2/c1-10-6(9)5-4-7-2-3-8-5/h5H,2H2,1H3/q+2. The Morgan fingerprint density at radius 3 is 3.10 bits per heavy atom. The average molecular weight is 138 g/mol. The molecular weight excluding hydrogens is 132 g/mol. The lowest BCUT2D eigenvalue weighted by atomic mass is 10.3. The van der Waals surface area contributed by atoms with Crippen LogP contribution in [0.5, 0.6) is 0 Å². The molecule has 0 fully saturated rings. The average Bonchev–Trinajstić information content (AvgIpc) is 2.05. The van der Waals surface area contributed by atoms with Gasteiger partial charge < -0.3 is 4.74 Å². The van der Waals surface area contributed by atoms with Crippen molar-refractivity contribution in [3.05, 3.63) is 9.69 Å². The Hall–Kier alpha value is -1.55. The maximum atomic E-state index is 10.7. The SMILES string of the molecule is COC(=O)C1C#[N+]CC#[N+]1. The number of methoxy groups -OCH3 is 1. The monoisotopic (exact) mass is 138 g/mol. The zero-order chi connectivity index (χ0) is 7.40. The van der Waals surface area contributed by atoms with Crippen LogP contribution in [0.4, 0.5) is 0 Å². The number of rotatable bonds is 1. The molecule has 50 valence electrons. The normalized spacial score (nSPS) is 19.5. The first-order valence-corrected chi connectivity index (χ1v) is 2.77. The zero-order valence-corrected chi connectivity index (χ0v) is 5.50. The highest BCUT2D eigenvalue weighted by Gasteiger charge is 2.34. The Morgan fingerprint density at radius 2 is 2.60 bits per heavy atom. The lowest BCUT2D eigenvalue weighted by molar-refractivity contribution is -0.139. The Morgan fingerprint density at radius 1 is 1.80 bits per heavy atom. The minimum atomic E-state index is -0.696. The molecule has 4 nitrogen and oxygen atoms in total. The second kappa shape index (κ2) is 2.84. The van der Waals surface area contributed by atoms with Crippen LogP contribution in [0.15, 0.2) is 0 Å². The molecule has 0 spiro atoms. The third kappa shape index (κ3) is 1.24. The summed E-state index contributed by atoms with van der Waals surface area (Å²) in [5, 5.41) is 0. The molecule has 0 aliphatic carbocycles. The van der Waals surface area contributed by atoms with E-state index in [0.29, 0.717) is 6.54 Å². The van der Waals surface area contributed by atoms with E-state index in [1.165, 1.54) is 7.11 Å². The van der Waals surface area contributed by atoms with Gasteiger partial charge in [-0.25, -0.2) is 4.79 Å². The molecule has 0 radical (unpaired) electrons. The summed E-state index contributed by atoms with van der Waals surface area (Å²) in [6, 6.07) is 4.34. The fraction of sp³-hybridized carbons (Fsp3) is 0.500. The van der Waals surface area contributed by atoms with Crippen LogP contribution >= 0.6 is 0 Å². The smallest absolute Gasteiger partial charge is 0.462 e. The number of carbonyl (C=O) groups is 1. The quantitative estimate of drug-likeness (QED) is 0.383. The van der Waals surface area contributed by atoms with E-state index < -0.39 is 12.0 Å². The maximum Gasteiger partial charge on any atom is 0.492 e. The summed E-state index contributed by atoms with van der Waals surface area (Å²) in [7, 11) is 1.30. The zero-order valence-electron chi connectivity index (χ0n) is 5.50. The van der Waals surface area contributed by atoms with Gasteiger partial charge in [0.25, 0.3) is 0 Å². The molecule has 0 aromatic rings. The van der Waals surface area contributed by atoms with Crippen molar-refractivity contribution in [2.24, 2.45) is 0 Å². The van der Waals surface area contributed by atoms with Crippen LogP contribution < -0.4 is 0 Å². The highest BCUT2D eigenvalue weighted by molar-refractivity contribution is 5.81. The Balaban J connectivity index is 2.64. The van der Waals surface area contributed by atoms with Crippen molar-refractivity contribution >= 4 is 5.97 Å². The van der Waals surface area contributed by atoms with Crippen LogP contribution in [0, 0.1) is 12.1 Å². The number of hydrogen-bond donors (Lipinski definition) is 0. The lowest BCUT2D eigenvalue weighted by Crippen LogP contribution is -2.17. The molecule has 1 heterocycles. The third-order valence-electron chi connectivity index (χ3n) is 1.01. The Bertz CT molecular complexity index is 243. The van der Waals surface area contributed by atoms with Crippen LogP contribution in [0.2, 0.25) is 0 Å². The lowest BCUT2D eigenvalue weighted by Gasteiger charge is -1.86.